The molecule has 0 spiro atoms. The Morgan fingerprint density at radius 1 is 1.15 bits per heavy atom. The number of alkyl halides is 3. The number of fused-ring (bicyclic) bond motifs is 1. The van der Waals surface area contributed by atoms with Gasteiger partial charge >= 0.3 is 6.36 Å². The molecule has 1 atom stereocenters. The molecule has 2 aromatic rings. The second-order valence-electron chi connectivity index (χ2n) is 6.21. The monoisotopic (exact) mass is 378 g/mol. The van der Waals surface area contributed by atoms with Gasteiger partial charge in [-0.3, -0.25) is 9.59 Å². The number of amides is 2. The maximum Gasteiger partial charge on any atom is 0.573 e. The molecule has 2 N–H and O–H groups in total. The van der Waals surface area contributed by atoms with Crippen molar-refractivity contribution >= 4 is 23.2 Å². The van der Waals surface area contributed by atoms with E-state index in [1.54, 1.807) is 0 Å². The van der Waals surface area contributed by atoms with Gasteiger partial charge in [0.15, 0.2) is 0 Å². The zero-order valence-electron chi connectivity index (χ0n) is 14.2. The van der Waals surface area contributed by atoms with Gasteiger partial charge in [0, 0.05) is 23.7 Å². The zero-order valence-corrected chi connectivity index (χ0v) is 14.2. The minimum absolute atomic E-state index is 0.116. The molecule has 0 fully saturated rings. The van der Waals surface area contributed by atoms with Gasteiger partial charge in [-0.2, -0.15) is 0 Å². The Bertz CT molecular complexity index is 835. The first kappa shape index (κ1) is 18.8. The van der Waals surface area contributed by atoms with E-state index in [-0.39, 0.29) is 29.9 Å². The average molecular weight is 378 g/mol. The van der Waals surface area contributed by atoms with Gasteiger partial charge < -0.3 is 15.4 Å². The second-order valence-corrected chi connectivity index (χ2v) is 6.21. The maximum absolute atomic E-state index is 12.1. The number of rotatable bonds is 5. The Kier molecular flexibility index (Phi) is 5.34. The third-order valence-corrected chi connectivity index (χ3v) is 4.20. The normalized spacial score (nSPS) is 16.3. The van der Waals surface area contributed by atoms with Crippen LogP contribution in [-0.4, -0.2) is 18.2 Å². The number of para-hydroxylation sites is 1. The van der Waals surface area contributed by atoms with Crippen LogP contribution in [0.15, 0.2) is 48.5 Å². The molecule has 1 aliphatic rings. The summed E-state index contributed by atoms with van der Waals surface area (Å²) in [4.78, 5) is 24.2. The van der Waals surface area contributed by atoms with Crippen LogP contribution in [0.3, 0.4) is 0 Å². The maximum atomic E-state index is 12.1. The van der Waals surface area contributed by atoms with Crippen LogP contribution in [0.25, 0.3) is 0 Å². The van der Waals surface area contributed by atoms with Gasteiger partial charge in [-0.1, -0.05) is 18.2 Å². The predicted octanol–water partition coefficient (Wildman–Crippen LogP) is 4.11. The number of hydrogen-bond acceptors (Lipinski definition) is 3. The van der Waals surface area contributed by atoms with Crippen molar-refractivity contribution in [2.24, 2.45) is 5.92 Å². The van der Waals surface area contributed by atoms with Crippen molar-refractivity contribution in [3.63, 3.8) is 0 Å². The predicted molar refractivity (Wildman–Crippen MR) is 93.3 cm³/mol. The molecular formula is C19H17F3N2O3. The number of nitrogens with one attached hydrogen (secondary N) is 2. The summed E-state index contributed by atoms with van der Waals surface area (Å²) >= 11 is 0. The van der Waals surface area contributed by atoms with E-state index >= 15 is 0 Å². The highest BCUT2D eigenvalue weighted by atomic mass is 19.4. The van der Waals surface area contributed by atoms with Crippen molar-refractivity contribution in [1.82, 2.24) is 0 Å². The van der Waals surface area contributed by atoms with E-state index in [1.165, 1.54) is 12.1 Å². The Morgan fingerprint density at radius 3 is 2.56 bits per heavy atom. The third-order valence-electron chi connectivity index (χ3n) is 4.20. The summed E-state index contributed by atoms with van der Waals surface area (Å²) in [6, 6.07) is 12.4. The lowest BCUT2D eigenvalue weighted by molar-refractivity contribution is -0.274. The van der Waals surface area contributed by atoms with Crippen LogP contribution in [0.5, 0.6) is 5.75 Å². The lowest BCUT2D eigenvalue weighted by atomic mass is 9.89. The number of ether oxygens (including phenoxy) is 1. The Labute approximate surface area is 153 Å². The highest BCUT2D eigenvalue weighted by Crippen LogP contribution is 2.28. The van der Waals surface area contributed by atoms with E-state index < -0.39 is 6.36 Å². The van der Waals surface area contributed by atoms with Crippen LogP contribution in [-0.2, 0) is 16.0 Å². The number of benzene rings is 2. The third kappa shape index (κ3) is 5.22. The van der Waals surface area contributed by atoms with Gasteiger partial charge in [0.2, 0.25) is 11.8 Å². The smallest absolute Gasteiger partial charge is 0.406 e. The summed E-state index contributed by atoms with van der Waals surface area (Å²) in [7, 11) is 0. The Morgan fingerprint density at radius 2 is 1.85 bits per heavy atom. The molecule has 0 saturated carbocycles. The molecule has 0 aliphatic carbocycles. The van der Waals surface area contributed by atoms with E-state index in [1.807, 2.05) is 24.3 Å². The minimum Gasteiger partial charge on any atom is -0.406 e. The SMILES string of the molecule is O=C(CCC1Cc2ccccc2NC1=O)Nc1ccc(OC(F)(F)F)cc1. The molecule has 2 aromatic carbocycles. The van der Waals surface area contributed by atoms with E-state index in [2.05, 4.69) is 15.4 Å². The summed E-state index contributed by atoms with van der Waals surface area (Å²) in [6.07, 6.45) is -3.69. The molecule has 27 heavy (non-hydrogen) atoms. The second kappa shape index (κ2) is 7.69. The molecule has 8 heteroatoms. The summed E-state index contributed by atoms with van der Waals surface area (Å²) in [5.41, 5.74) is 2.18. The molecule has 1 aliphatic heterocycles. The molecule has 2 amide bonds. The van der Waals surface area contributed by atoms with E-state index in [0.29, 0.717) is 18.5 Å². The average Bonchev–Trinajstić information content (AvgIpc) is 2.60. The number of anilines is 2. The van der Waals surface area contributed by atoms with E-state index in [0.717, 1.165) is 23.4 Å². The van der Waals surface area contributed by atoms with Gasteiger partial charge in [-0.05, 0) is 48.7 Å². The zero-order chi connectivity index (χ0) is 19.4. The van der Waals surface area contributed by atoms with Gasteiger partial charge in [-0.15, -0.1) is 13.2 Å². The minimum atomic E-state index is -4.76. The first-order chi connectivity index (χ1) is 12.8. The van der Waals surface area contributed by atoms with Gasteiger partial charge in [0.25, 0.3) is 0 Å². The van der Waals surface area contributed by atoms with Crippen LogP contribution in [0.2, 0.25) is 0 Å². The molecule has 5 nitrogen and oxygen atoms in total. The van der Waals surface area contributed by atoms with Gasteiger partial charge in [0.1, 0.15) is 5.75 Å². The molecule has 0 aromatic heterocycles. The van der Waals surface area contributed by atoms with Crippen LogP contribution in [0, 0.1) is 5.92 Å². The summed E-state index contributed by atoms with van der Waals surface area (Å²) < 4.78 is 40.2. The molecule has 0 saturated heterocycles. The number of hydrogen-bond donors (Lipinski definition) is 2. The Hall–Kier alpha value is -3.03. The van der Waals surface area contributed by atoms with Crippen molar-refractivity contribution in [3.05, 3.63) is 54.1 Å². The van der Waals surface area contributed by atoms with Crippen molar-refractivity contribution < 1.29 is 27.5 Å². The topological polar surface area (TPSA) is 67.4 Å². The molecule has 0 radical (unpaired) electrons. The van der Waals surface area contributed by atoms with Crippen molar-refractivity contribution in [1.29, 1.82) is 0 Å². The lowest BCUT2D eigenvalue weighted by Gasteiger charge is -2.24. The first-order valence-corrected chi connectivity index (χ1v) is 8.34. The lowest BCUT2D eigenvalue weighted by Crippen LogP contribution is -2.30. The molecule has 1 heterocycles. The largest absolute Gasteiger partial charge is 0.573 e. The summed E-state index contributed by atoms with van der Waals surface area (Å²) in [6.45, 7) is 0. The molecule has 142 valence electrons. The summed E-state index contributed by atoms with van der Waals surface area (Å²) in [5.74, 6) is -1.09. The van der Waals surface area contributed by atoms with Crippen molar-refractivity contribution in [2.75, 3.05) is 10.6 Å². The van der Waals surface area contributed by atoms with Crippen LogP contribution < -0.4 is 15.4 Å². The standard InChI is InChI=1S/C19H17F3N2O3/c20-19(21,22)27-15-8-6-14(7-9-15)23-17(25)10-5-13-11-12-3-1-2-4-16(12)24-18(13)26/h1-4,6-9,13H,5,10-11H2,(H,23,25)(H,24,26). The van der Waals surface area contributed by atoms with E-state index in [4.69, 9.17) is 0 Å². The fourth-order valence-corrected chi connectivity index (χ4v) is 2.92. The van der Waals surface area contributed by atoms with Crippen molar-refractivity contribution in [3.8, 4) is 5.75 Å². The quantitative estimate of drug-likeness (QED) is 0.823. The molecule has 0 bridgehead atoms. The molecule has 1 unspecified atom stereocenters. The molecular weight excluding hydrogens is 361 g/mol. The van der Waals surface area contributed by atoms with E-state index in [9.17, 15) is 22.8 Å². The van der Waals surface area contributed by atoms with Gasteiger partial charge in [-0.25, -0.2) is 0 Å². The van der Waals surface area contributed by atoms with Crippen LogP contribution in [0.4, 0.5) is 24.5 Å². The highest BCUT2D eigenvalue weighted by Gasteiger charge is 2.31. The van der Waals surface area contributed by atoms with Crippen molar-refractivity contribution in [2.45, 2.75) is 25.6 Å². The summed E-state index contributed by atoms with van der Waals surface area (Å²) in [5, 5.41) is 5.43. The highest BCUT2D eigenvalue weighted by molar-refractivity contribution is 5.96. The fourth-order valence-electron chi connectivity index (χ4n) is 2.92. The van der Waals surface area contributed by atoms with Crippen LogP contribution in [0.1, 0.15) is 18.4 Å². The number of carbonyl (C=O) groups excluding carboxylic acids is 2. The van der Waals surface area contributed by atoms with Gasteiger partial charge in [0.05, 0.1) is 0 Å². The Balaban J connectivity index is 1.51. The molecule has 3 rings (SSSR count). The fraction of sp³-hybridized carbons (Fsp3) is 0.263. The number of carbonyl (C=O) groups is 2. The van der Waals surface area contributed by atoms with Crippen LogP contribution >= 0.6 is 0 Å². The number of halogens is 3. The first-order valence-electron chi connectivity index (χ1n) is 8.34.